The molecule has 334 valence electrons. The maximum atomic E-state index is 13.2. The van der Waals surface area contributed by atoms with Crippen molar-refractivity contribution in [2.45, 2.75) is 94.9 Å². The van der Waals surface area contributed by atoms with E-state index in [1.165, 1.54) is 0 Å². The fourth-order valence-electron chi connectivity index (χ4n) is 8.63. The molecule has 0 aliphatic heterocycles. The number of aromatic nitrogens is 6. The molecule has 14 nitrogen and oxygen atoms in total. The third-order valence-corrected chi connectivity index (χ3v) is 12.6. The molecule has 7 aromatic rings. The predicted octanol–water partition coefficient (Wildman–Crippen LogP) is 9.63. The van der Waals surface area contributed by atoms with Crippen molar-refractivity contribution in [3.05, 3.63) is 138 Å². The average Bonchev–Trinajstić information content (AvgIpc) is 3.95. The van der Waals surface area contributed by atoms with Gasteiger partial charge in [0.25, 0.3) is 0 Å². The van der Waals surface area contributed by atoms with Crippen LogP contribution in [0.3, 0.4) is 0 Å². The van der Waals surface area contributed by atoms with E-state index in [9.17, 15) is 19.2 Å². The van der Waals surface area contributed by atoms with Crippen LogP contribution in [0.2, 0.25) is 0 Å². The topological polar surface area (TPSA) is 194 Å². The predicted molar refractivity (Wildman–Crippen MR) is 244 cm³/mol. The zero-order valence-corrected chi connectivity index (χ0v) is 38.6. The Bertz CT molecular complexity index is 2650. The summed E-state index contributed by atoms with van der Waals surface area (Å²) in [7, 11) is 0. The van der Waals surface area contributed by atoms with Crippen molar-refractivity contribution >= 4 is 45.7 Å². The van der Waals surface area contributed by atoms with Crippen LogP contribution in [0, 0.1) is 55.4 Å². The summed E-state index contributed by atoms with van der Waals surface area (Å²) < 4.78 is 21.7. The zero-order chi connectivity index (χ0) is 46.3. The Morgan fingerprint density at radius 3 is 0.875 bits per heavy atom. The molecule has 0 bridgehead atoms. The van der Waals surface area contributed by atoms with Gasteiger partial charge in [0.1, 0.15) is 22.8 Å². The van der Waals surface area contributed by atoms with E-state index in [1.54, 1.807) is 27.7 Å². The number of nitrogens with zero attached hydrogens (tertiary/aromatic N) is 2. The third-order valence-electron chi connectivity index (χ3n) is 12.6. The number of nitrogens with one attached hydrogen (secondary N) is 4. The molecule has 64 heavy (non-hydrogen) atoms. The van der Waals surface area contributed by atoms with Crippen molar-refractivity contribution in [2.75, 3.05) is 26.4 Å². The zero-order valence-electron chi connectivity index (χ0n) is 38.6. The lowest BCUT2D eigenvalue weighted by Gasteiger charge is -2.20. The Balaban J connectivity index is 1.49. The number of carbonyl (C=O) groups is 4. The van der Waals surface area contributed by atoms with E-state index in [1.807, 2.05) is 91.8 Å². The second-order valence-corrected chi connectivity index (χ2v) is 16.1. The van der Waals surface area contributed by atoms with Crippen LogP contribution in [0.15, 0.2) is 36.4 Å². The summed E-state index contributed by atoms with van der Waals surface area (Å²) in [5, 5.41) is 1.67. The van der Waals surface area contributed by atoms with Gasteiger partial charge in [0.05, 0.1) is 60.7 Å². The second kappa shape index (κ2) is 18.0. The quantitative estimate of drug-likeness (QED) is 0.0464. The molecule has 0 saturated carbocycles. The molecule has 0 fully saturated rings. The Labute approximate surface area is 371 Å². The molecule has 4 N–H and O–H groups in total. The van der Waals surface area contributed by atoms with Crippen molar-refractivity contribution < 1.29 is 38.1 Å². The summed E-state index contributed by atoms with van der Waals surface area (Å²) >= 11 is 0. The number of carbonyl (C=O) groups excluding carboxylic acids is 4. The van der Waals surface area contributed by atoms with Gasteiger partial charge in [0.15, 0.2) is 0 Å². The van der Waals surface area contributed by atoms with Crippen LogP contribution in [-0.2, 0) is 18.9 Å². The minimum Gasteiger partial charge on any atom is -0.461 e. The van der Waals surface area contributed by atoms with Gasteiger partial charge < -0.3 is 38.9 Å². The average molecular weight is 869 g/mol. The Morgan fingerprint density at radius 1 is 0.406 bits per heavy atom. The monoisotopic (exact) mass is 868 g/mol. The van der Waals surface area contributed by atoms with Crippen LogP contribution in [0.4, 0.5) is 0 Å². The molecule has 0 spiro atoms. The van der Waals surface area contributed by atoms with E-state index in [0.29, 0.717) is 68.0 Å². The van der Waals surface area contributed by atoms with E-state index in [4.69, 9.17) is 28.9 Å². The van der Waals surface area contributed by atoms with E-state index >= 15 is 0 Å². The number of aromatic amines is 4. The first-order valence-corrected chi connectivity index (χ1v) is 21.7. The highest BCUT2D eigenvalue weighted by Crippen LogP contribution is 2.41. The molecule has 0 aliphatic carbocycles. The van der Waals surface area contributed by atoms with Gasteiger partial charge >= 0.3 is 23.9 Å². The van der Waals surface area contributed by atoms with Crippen molar-refractivity contribution in [1.29, 1.82) is 0 Å². The normalized spacial score (nSPS) is 11.6. The molecule has 0 radical (unpaired) electrons. The molecular weight excluding hydrogens is 813 g/mol. The molecule has 1 aromatic carbocycles. The number of ether oxygens (including phenoxy) is 4. The smallest absolute Gasteiger partial charge is 0.355 e. The van der Waals surface area contributed by atoms with Gasteiger partial charge in [-0.05, 0) is 140 Å². The van der Waals surface area contributed by atoms with Crippen molar-refractivity contribution in [3.63, 3.8) is 0 Å². The number of pyridine rings is 2. The summed E-state index contributed by atoms with van der Waals surface area (Å²) in [5.74, 6) is -3.06. The van der Waals surface area contributed by atoms with E-state index < -0.39 is 35.7 Å². The van der Waals surface area contributed by atoms with Crippen LogP contribution < -0.4 is 0 Å². The number of hydrogen-bond donors (Lipinski definition) is 4. The van der Waals surface area contributed by atoms with Gasteiger partial charge in [-0.3, -0.25) is 0 Å². The summed E-state index contributed by atoms with van der Waals surface area (Å²) in [4.78, 5) is 77.4. The van der Waals surface area contributed by atoms with E-state index in [-0.39, 0.29) is 26.4 Å². The number of hydrogen-bond acceptors (Lipinski definition) is 10. The number of rotatable bonds is 14. The summed E-state index contributed by atoms with van der Waals surface area (Å²) in [6.07, 6.45) is 0. The summed E-state index contributed by atoms with van der Waals surface area (Å²) in [6.45, 7) is 23.3. The second-order valence-electron chi connectivity index (χ2n) is 16.1. The first-order chi connectivity index (χ1) is 30.6. The molecule has 6 heterocycles. The van der Waals surface area contributed by atoms with Gasteiger partial charge in [0, 0.05) is 33.5 Å². The fraction of sp³-hybridized carbons (Fsp3) is 0.360. The molecule has 7 rings (SSSR count). The molecule has 0 saturated heterocycles. The SMILES string of the molecule is CCOC(=O)c1[nH]c(C(c2ccc3ccc4ccc(C(c5[nH]c(C(=O)OCC)c(C)c5C)c5[nH]c(C(=O)OCC)c(C)c5C)nc4c3n2)c2[nH]c(C(=O)OCC)c(C)c2C)c(C)c1C. The standard InChI is InChI=1S/C50H56N6O8/c1-13-61-47(57)41-27(9)23(5)37(53-41)35(38-24(6)28(10)42(54-38)48(58)62-14-2)33-21-19-31-17-18-32-20-22-34(52-46(32)45(31)51-33)36(39-25(7)29(11)43(55-39)49(59)63-15-3)40-26(8)30(12)44(56-40)50(60)64-16-4/h17-22,35-36,53-56H,13-16H2,1-12H3. The molecular formula is C50H56N6O8. The van der Waals surface area contributed by atoms with Gasteiger partial charge in [0.2, 0.25) is 0 Å². The molecule has 0 amide bonds. The van der Waals surface area contributed by atoms with Crippen molar-refractivity contribution in [1.82, 2.24) is 29.9 Å². The molecule has 0 unspecified atom stereocenters. The highest BCUT2D eigenvalue weighted by Gasteiger charge is 2.34. The van der Waals surface area contributed by atoms with Gasteiger partial charge in [-0.2, -0.15) is 0 Å². The fourth-order valence-corrected chi connectivity index (χ4v) is 8.63. The number of fused-ring (bicyclic) bond motifs is 3. The van der Waals surface area contributed by atoms with E-state index in [2.05, 4.69) is 19.9 Å². The highest BCUT2D eigenvalue weighted by molar-refractivity contribution is 6.03. The van der Waals surface area contributed by atoms with Crippen LogP contribution in [-0.4, -0.2) is 80.2 Å². The maximum absolute atomic E-state index is 13.2. The Hall–Kier alpha value is -6.96. The van der Waals surface area contributed by atoms with Crippen molar-refractivity contribution in [2.24, 2.45) is 0 Å². The van der Waals surface area contributed by atoms with Crippen molar-refractivity contribution in [3.8, 4) is 0 Å². The largest absolute Gasteiger partial charge is 0.461 e. The lowest BCUT2D eigenvalue weighted by atomic mass is 9.90. The van der Waals surface area contributed by atoms with E-state index in [0.717, 1.165) is 55.3 Å². The Kier molecular flexibility index (Phi) is 12.7. The summed E-state index contributed by atoms with van der Waals surface area (Å²) in [6, 6.07) is 11.9. The number of benzene rings is 1. The van der Waals surface area contributed by atoms with Crippen LogP contribution in [0.1, 0.15) is 160 Å². The number of H-pyrrole nitrogens is 4. The third kappa shape index (κ3) is 7.75. The van der Waals surface area contributed by atoms with Gasteiger partial charge in [-0.25, -0.2) is 29.1 Å². The molecule has 0 aliphatic rings. The maximum Gasteiger partial charge on any atom is 0.355 e. The molecule has 0 atom stereocenters. The lowest BCUT2D eigenvalue weighted by Crippen LogP contribution is -2.12. The van der Waals surface area contributed by atoms with Gasteiger partial charge in [-0.1, -0.05) is 24.3 Å². The van der Waals surface area contributed by atoms with Gasteiger partial charge in [-0.15, -0.1) is 0 Å². The van der Waals surface area contributed by atoms with Crippen LogP contribution in [0.5, 0.6) is 0 Å². The minimum absolute atomic E-state index is 0.216. The first-order valence-electron chi connectivity index (χ1n) is 21.7. The lowest BCUT2D eigenvalue weighted by molar-refractivity contribution is 0.0509. The van der Waals surface area contributed by atoms with Crippen LogP contribution in [0.25, 0.3) is 21.8 Å². The summed E-state index contributed by atoms with van der Waals surface area (Å²) in [5.41, 5.74) is 13.1. The molecule has 14 heteroatoms. The van der Waals surface area contributed by atoms with Crippen LogP contribution >= 0.6 is 0 Å². The molecule has 6 aromatic heterocycles. The number of esters is 4. The Morgan fingerprint density at radius 2 is 0.641 bits per heavy atom. The minimum atomic E-state index is -0.601. The first kappa shape index (κ1) is 45.1. The highest BCUT2D eigenvalue weighted by atomic mass is 16.5.